The lowest BCUT2D eigenvalue weighted by Crippen LogP contribution is -2.56. The van der Waals surface area contributed by atoms with Gasteiger partial charge in [0.2, 0.25) is 0 Å². The fourth-order valence-corrected chi connectivity index (χ4v) is 5.57. The lowest BCUT2D eigenvalue weighted by molar-refractivity contribution is -0.0286. The zero-order valence-corrected chi connectivity index (χ0v) is 21.0. The maximum absolute atomic E-state index is 12.1. The highest BCUT2D eigenvalue weighted by molar-refractivity contribution is 7.10. The van der Waals surface area contributed by atoms with Gasteiger partial charge in [0, 0.05) is 4.88 Å². The lowest BCUT2D eigenvalue weighted by atomic mass is 9.92. The summed E-state index contributed by atoms with van der Waals surface area (Å²) in [5, 5.41) is 9.23. The van der Waals surface area contributed by atoms with Crippen LogP contribution in [0.25, 0.3) is 21.5 Å². The number of thiophene rings is 1. The van der Waals surface area contributed by atoms with Crippen molar-refractivity contribution in [2.75, 3.05) is 0 Å². The first-order valence-electron chi connectivity index (χ1n) is 11.8. The van der Waals surface area contributed by atoms with E-state index in [1.54, 1.807) is 11.3 Å². The largest absolute Gasteiger partial charge is 0.482 e. The molecule has 4 aromatic carbocycles. The van der Waals surface area contributed by atoms with Crippen LogP contribution in [0.1, 0.15) is 25.1 Å². The maximum Gasteiger partial charge on any atom is 0.315 e. The van der Waals surface area contributed by atoms with E-state index in [-0.39, 0.29) is 0 Å². The average Bonchev–Trinajstić information content (AvgIpc) is 3.39. The van der Waals surface area contributed by atoms with E-state index in [1.807, 2.05) is 104 Å². The molecule has 5 nitrogen and oxygen atoms in total. The molecule has 1 aromatic heterocycles. The van der Waals surface area contributed by atoms with Crippen molar-refractivity contribution in [2.24, 2.45) is 5.73 Å². The zero-order valence-electron chi connectivity index (χ0n) is 20.2. The molecular weight excluding hydrogens is 468 g/mol. The summed E-state index contributed by atoms with van der Waals surface area (Å²) in [5.74, 6) is 1.36. The molecular formula is C30H28N2O3S. The third kappa shape index (κ3) is 5.14. The van der Waals surface area contributed by atoms with Crippen LogP contribution in [0.5, 0.6) is 11.5 Å². The molecule has 2 amide bonds. The van der Waals surface area contributed by atoms with E-state index in [0.717, 1.165) is 32.2 Å². The summed E-state index contributed by atoms with van der Waals surface area (Å²) >= 11 is 1.60. The number of carbonyl (C=O) groups excluding carboxylic acids is 1. The Bertz CT molecular complexity index is 1520. The second-order valence-electron chi connectivity index (χ2n) is 9.33. The number of nitrogens with one attached hydrogen (secondary N) is 1. The van der Waals surface area contributed by atoms with Gasteiger partial charge in [0.25, 0.3) is 0 Å². The minimum atomic E-state index is -1.15. The monoisotopic (exact) mass is 496 g/mol. The fraction of sp³-hybridized carbons (Fsp3) is 0.167. The van der Waals surface area contributed by atoms with Gasteiger partial charge in [-0.15, -0.1) is 11.3 Å². The van der Waals surface area contributed by atoms with Gasteiger partial charge in [0.15, 0.2) is 5.72 Å². The fourth-order valence-electron chi connectivity index (χ4n) is 4.75. The van der Waals surface area contributed by atoms with E-state index < -0.39 is 17.4 Å². The van der Waals surface area contributed by atoms with Gasteiger partial charge in [-0.1, -0.05) is 66.7 Å². The predicted molar refractivity (Wildman–Crippen MR) is 147 cm³/mol. The normalized spacial score (nSPS) is 14.6. The van der Waals surface area contributed by atoms with Crippen molar-refractivity contribution in [3.05, 3.63) is 107 Å². The highest BCUT2D eigenvalue weighted by Crippen LogP contribution is 2.39. The molecule has 0 aliphatic rings. The molecule has 0 bridgehead atoms. The zero-order chi connectivity index (χ0) is 25.2. The summed E-state index contributed by atoms with van der Waals surface area (Å²) in [6.45, 7) is 3.83. The Hall–Kier alpha value is -4.03. The summed E-state index contributed by atoms with van der Waals surface area (Å²) in [6.07, 6.45) is 0.309. The number of benzene rings is 4. The molecule has 0 radical (unpaired) electrons. The summed E-state index contributed by atoms with van der Waals surface area (Å²) in [6, 6.07) is 31.5. The van der Waals surface area contributed by atoms with Gasteiger partial charge in [-0.25, -0.2) is 4.79 Å². The van der Waals surface area contributed by atoms with Crippen LogP contribution in [0.15, 0.2) is 102 Å². The highest BCUT2D eigenvalue weighted by atomic mass is 32.1. The first-order chi connectivity index (χ1) is 17.3. The number of nitrogens with two attached hydrogens (primary N) is 1. The van der Waals surface area contributed by atoms with E-state index in [9.17, 15) is 4.79 Å². The molecule has 2 unspecified atom stereocenters. The van der Waals surface area contributed by atoms with E-state index in [1.165, 1.54) is 0 Å². The van der Waals surface area contributed by atoms with Crippen molar-refractivity contribution in [1.82, 2.24) is 5.32 Å². The van der Waals surface area contributed by atoms with Crippen molar-refractivity contribution in [3.8, 4) is 11.5 Å². The molecule has 5 rings (SSSR count). The number of amides is 2. The number of ether oxygens (including phenoxy) is 2. The molecule has 3 N–H and O–H groups in total. The topological polar surface area (TPSA) is 73.6 Å². The molecule has 182 valence electrons. The minimum absolute atomic E-state index is 0.309. The number of hydrogen-bond donors (Lipinski definition) is 2. The lowest BCUT2D eigenvalue weighted by Gasteiger charge is -2.39. The van der Waals surface area contributed by atoms with Crippen molar-refractivity contribution >= 4 is 38.9 Å². The van der Waals surface area contributed by atoms with Gasteiger partial charge in [-0.2, -0.15) is 0 Å². The second-order valence-corrected chi connectivity index (χ2v) is 10.3. The Morgan fingerprint density at radius 2 is 1.33 bits per heavy atom. The van der Waals surface area contributed by atoms with Crippen molar-refractivity contribution in [1.29, 1.82) is 0 Å². The Kier molecular flexibility index (Phi) is 6.29. The van der Waals surface area contributed by atoms with Crippen LogP contribution in [-0.4, -0.2) is 11.8 Å². The Morgan fingerprint density at radius 1 is 0.778 bits per heavy atom. The minimum Gasteiger partial charge on any atom is -0.482 e. The van der Waals surface area contributed by atoms with Gasteiger partial charge in [0.05, 0.1) is 6.42 Å². The smallest absolute Gasteiger partial charge is 0.315 e. The molecule has 0 saturated carbocycles. The number of rotatable bonds is 8. The molecule has 0 spiro atoms. The van der Waals surface area contributed by atoms with E-state index in [2.05, 4.69) is 17.4 Å². The molecule has 0 aliphatic heterocycles. The van der Waals surface area contributed by atoms with Crippen LogP contribution in [0.3, 0.4) is 0 Å². The number of fused-ring (bicyclic) bond motifs is 2. The first-order valence-corrected chi connectivity index (χ1v) is 12.7. The highest BCUT2D eigenvalue weighted by Gasteiger charge is 2.42. The van der Waals surface area contributed by atoms with E-state index >= 15 is 0 Å². The van der Waals surface area contributed by atoms with Crippen molar-refractivity contribution in [3.63, 3.8) is 0 Å². The SMILES string of the molecule is CC(CC(C)(Oc1ccc2ccccc2c1)c1cccs1)(NC(N)=O)Oc1ccc2ccccc2c1. The Balaban J connectivity index is 1.50. The molecule has 1 heterocycles. The van der Waals surface area contributed by atoms with Gasteiger partial charge < -0.3 is 20.5 Å². The third-order valence-electron chi connectivity index (χ3n) is 6.23. The Morgan fingerprint density at radius 3 is 1.86 bits per heavy atom. The molecule has 0 saturated heterocycles. The van der Waals surface area contributed by atoms with Crippen LogP contribution in [-0.2, 0) is 5.60 Å². The molecule has 36 heavy (non-hydrogen) atoms. The Labute approximate surface area is 214 Å². The number of urea groups is 1. The van der Waals surface area contributed by atoms with Crippen LogP contribution >= 0.6 is 11.3 Å². The molecule has 0 aliphatic carbocycles. The molecule has 0 fully saturated rings. The predicted octanol–water partition coefficient (Wildman–Crippen LogP) is 7.20. The summed E-state index contributed by atoms with van der Waals surface area (Å²) < 4.78 is 13.1. The van der Waals surface area contributed by atoms with Crippen molar-refractivity contribution in [2.45, 2.75) is 31.6 Å². The summed E-state index contributed by atoms with van der Waals surface area (Å²) in [4.78, 5) is 13.1. The summed E-state index contributed by atoms with van der Waals surface area (Å²) in [7, 11) is 0. The van der Waals surface area contributed by atoms with Gasteiger partial charge in [-0.05, 0) is 71.1 Å². The summed E-state index contributed by atoms with van der Waals surface area (Å²) in [5.41, 5.74) is 3.64. The van der Waals surface area contributed by atoms with Crippen LogP contribution in [0.4, 0.5) is 4.79 Å². The van der Waals surface area contributed by atoms with Crippen molar-refractivity contribution < 1.29 is 14.3 Å². The quantitative estimate of drug-likeness (QED) is 0.223. The molecule has 5 aromatic rings. The van der Waals surface area contributed by atoms with Gasteiger partial charge in [0.1, 0.15) is 17.1 Å². The average molecular weight is 497 g/mol. The van der Waals surface area contributed by atoms with Gasteiger partial charge >= 0.3 is 6.03 Å². The molecule has 2 atom stereocenters. The van der Waals surface area contributed by atoms with Crippen LogP contribution in [0.2, 0.25) is 0 Å². The van der Waals surface area contributed by atoms with Crippen LogP contribution in [0, 0.1) is 0 Å². The van der Waals surface area contributed by atoms with E-state index in [0.29, 0.717) is 12.2 Å². The molecule has 6 heteroatoms. The van der Waals surface area contributed by atoms with Crippen LogP contribution < -0.4 is 20.5 Å². The first kappa shape index (κ1) is 23.7. The van der Waals surface area contributed by atoms with Gasteiger partial charge in [-0.3, -0.25) is 0 Å². The third-order valence-corrected chi connectivity index (χ3v) is 7.35. The number of carbonyl (C=O) groups is 1. The number of primary amides is 1. The maximum atomic E-state index is 12.1. The second kappa shape index (κ2) is 9.55. The standard InChI is InChI=1S/C30H28N2O3S/c1-29(27-12-7-17-36-27,34-25-15-13-21-8-3-5-10-23(21)18-25)20-30(2,32-28(31)33)35-26-16-14-22-9-4-6-11-24(22)19-26/h3-19H,20H2,1-2H3,(H3,31,32,33). The van der Waals surface area contributed by atoms with E-state index in [4.69, 9.17) is 15.2 Å². The number of hydrogen-bond acceptors (Lipinski definition) is 4.